The molecule has 3 rings (SSSR count). The molecule has 2 aromatic rings. The highest BCUT2D eigenvalue weighted by molar-refractivity contribution is 5.94. The van der Waals surface area contributed by atoms with E-state index in [1.54, 1.807) is 7.11 Å². The van der Waals surface area contributed by atoms with Gasteiger partial charge in [0, 0.05) is 24.9 Å². The van der Waals surface area contributed by atoms with E-state index in [2.05, 4.69) is 9.97 Å². The van der Waals surface area contributed by atoms with Crippen molar-refractivity contribution in [1.82, 2.24) is 14.9 Å². The van der Waals surface area contributed by atoms with Crippen LogP contribution in [0.3, 0.4) is 0 Å². The standard InChI is InChI=1S/C17H21N3O2/c1-12-15(17(21)20-10-6-9-14(20)11-22-2)19-16(18-12)13-7-4-3-5-8-13/h3-5,7-8,14H,6,9-11H2,1-2H3,(H,18,19)/t14-/m1/s1. The fourth-order valence-electron chi connectivity index (χ4n) is 3.01. The minimum Gasteiger partial charge on any atom is -0.383 e. The van der Waals surface area contributed by atoms with Gasteiger partial charge in [-0.2, -0.15) is 0 Å². The van der Waals surface area contributed by atoms with E-state index in [0.29, 0.717) is 12.3 Å². The third kappa shape index (κ3) is 2.76. The van der Waals surface area contributed by atoms with E-state index in [4.69, 9.17) is 4.74 Å². The van der Waals surface area contributed by atoms with Crippen molar-refractivity contribution in [1.29, 1.82) is 0 Å². The van der Waals surface area contributed by atoms with E-state index >= 15 is 0 Å². The SMILES string of the molecule is COC[C@H]1CCCN1C(=O)c1nc(-c2ccccc2)[nH]c1C. The average Bonchev–Trinajstić information content (AvgIpc) is 3.15. The number of nitrogens with zero attached hydrogens (tertiary/aromatic N) is 2. The summed E-state index contributed by atoms with van der Waals surface area (Å²) in [7, 11) is 1.67. The lowest BCUT2D eigenvalue weighted by Crippen LogP contribution is -2.38. The highest BCUT2D eigenvalue weighted by Crippen LogP contribution is 2.23. The minimum atomic E-state index is -0.00418. The minimum absolute atomic E-state index is 0.00418. The number of methoxy groups -OCH3 is 1. The van der Waals surface area contributed by atoms with Crippen LogP contribution in [0.4, 0.5) is 0 Å². The molecule has 0 radical (unpaired) electrons. The van der Waals surface area contributed by atoms with Gasteiger partial charge in [0.05, 0.1) is 12.6 Å². The molecule has 0 saturated carbocycles. The molecule has 0 spiro atoms. The Morgan fingerprint density at radius 1 is 1.41 bits per heavy atom. The molecule has 2 heterocycles. The molecular formula is C17H21N3O2. The van der Waals surface area contributed by atoms with Crippen LogP contribution in [0.1, 0.15) is 29.0 Å². The molecule has 0 aliphatic carbocycles. The zero-order valence-electron chi connectivity index (χ0n) is 13.0. The number of carbonyl (C=O) groups is 1. The Morgan fingerprint density at radius 3 is 2.91 bits per heavy atom. The molecule has 116 valence electrons. The largest absolute Gasteiger partial charge is 0.383 e. The lowest BCUT2D eigenvalue weighted by atomic mass is 10.2. The number of amides is 1. The van der Waals surface area contributed by atoms with Gasteiger partial charge in [0.25, 0.3) is 5.91 Å². The smallest absolute Gasteiger partial charge is 0.274 e. The van der Waals surface area contributed by atoms with Crippen LogP contribution in [0.2, 0.25) is 0 Å². The highest BCUT2D eigenvalue weighted by Gasteiger charge is 2.31. The Morgan fingerprint density at radius 2 is 2.18 bits per heavy atom. The van der Waals surface area contributed by atoms with E-state index in [1.165, 1.54) is 0 Å². The number of ether oxygens (including phenoxy) is 1. The molecule has 22 heavy (non-hydrogen) atoms. The quantitative estimate of drug-likeness (QED) is 0.944. The molecule has 1 aliphatic rings. The van der Waals surface area contributed by atoms with Crippen LogP contribution < -0.4 is 0 Å². The summed E-state index contributed by atoms with van der Waals surface area (Å²) in [5, 5.41) is 0. The average molecular weight is 299 g/mol. The van der Waals surface area contributed by atoms with Crippen LogP contribution in [0.25, 0.3) is 11.4 Å². The monoisotopic (exact) mass is 299 g/mol. The van der Waals surface area contributed by atoms with Crippen LogP contribution in [-0.2, 0) is 4.74 Å². The Balaban J connectivity index is 1.86. The van der Waals surface area contributed by atoms with E-state index in [0.717, 1.165) is 36.5 Å². The zero-order chi connectivity index (χ0) is 15.5. The Hall–Kier alpha value is -2.14. The summed E-state index contributed by atoms with van der Waals surface area (Å²) in [6, 6.07) is 10.0. The number of aromatic nitrogens is 2. The lowest BCUT2D eigenvalue weighted by molar-refractivity contribution is 0.0625. The van der Waals surface area contributed by atoms with Crippen molar-refractivity contribution in [3.8, 4) is 11.4 Å². The third-order valence-electron chi connectivity index (χ3n) is 4.13. The summed E-state index contributed by atoms with van der Waals surface area (Å²) in [6.45, 7) is 3.26. The number of imidazole rings is 1. The number of nitrogens with one attached hydrogen (secondary N) is 1. The fourth-order valence-corrected chi connectivity index (χ4v) is 3.01. The van der Waals surface area contributed by atoms with E-state index in [1.807, 2.05) is 42.2 Å². The summed E-state index contributed by atoms with van der Waals surface area (Å²) in [6.07, 6.45) is 2.02. The maximum absolute atomic E-state index is 12.8. The first-order chi connectivity index (χ1) is 10.7. The number of aromatic amines is 1. The van der Waals surface area contributed by atoms with Crippen molar-refractivity contribution < 1.29 is 9.53 Å². The van der Waals surface area contributed by atoms with Gasteiger partial charge in [0.2, 0.25) is 0 Å². The molecule has 1 saturated heterocycles. The van der Waals surface area contributed by atoms with Crippen LogP contribution in [0, 0.1) is 6.92 Å². The maximum Gasteiger partial charge on any atom is 0.274 e. The molecule has 1 atom stereocenters. The predicted octanol–water partition coefficient (Wildman–Crippen LogP) is 2.64. The van der Waals surface area contributed by atoms with E-state index in [9.17, 15) is 4.79 Å². The van der Waals surface area contributed by atoms with Crippen molar-refractivity contribution in [2.45, 2.75) is 25.8 Å². The van der Waals surface area contributed by atoms with Gasteiger partial charge in [-0.05, 0) is 19.8 Å². The first-order valence-corrected chi connectivity index (χ1v) is 7.62. The van der Waals surface area contributed by atoms with Crippen molar-refractivity contribution in [3.63, 3.8) is 0 Å². The number of H-pyrrole nitrogens is 1. The maximum atomic E-state index is 12.8. The second-order valence-corrected chi connectivity index (χ2v) is 5.67. The fraction of sp³-hybridized carbons (Fsp3) is 0.412. The van der Waals surface area contributed by atoms with Gasteiger partial charge in [-0.25, -0.2) is 4.98 Å². The van der Waals surface area contributed by atoms with E-state index < -0.39 is 0 Å². The van der Waals surface area contributed by atoms with Gasteiger partial charge < -0.3 is 14.6 Å². The molecule has 0 bridgehead atoms. The number of aryl methyl sites for hydroxylation is 1. The van der Waals surface area contributed by atoms with Crippen molar-refractivity contribution in [2.75, 3.05) is 20.3 Å². The first-order valence-electron chi connectivity index (χ1n) is 7.62. The number of hydrogen-bond acceptors (Lipinski definition) is 3. The Kier molecular flexibility index (Phi) is 4.24. The van der Waals surface area contributed by atoms with Gasteiger partial charge in [-0.15, -0.1) is 0 Å². The number of benzene rings is 1. The number of hydrogen-bond donors (Lipinski definition) is 1. The molecule has 5 heteroatoms. The molecule has 1 amide bonds. The molecule has 1 fully saturated rings. The first kappa shape index (κ1) is 14.8. The highest BCUT2D eigenvalue weighted by atomic mass is 16.5. The lowest BCUT2D eigenvalue weighted by Gasteiger charge is -2.23. The van der Waals surface area contributed by atoms with Crippen LogP contribution in [-0.4, -0.2) is 47.1 Å². The summed E-state index contributed by atoms with van der Waals surface area (Å²) in [5.74, 6) is 0.736. The third-order valence-corrected chi connectivity index (χ3v) is 4.13. The molecule has 1 aliphatic heterocycles. The van der Waals surface area contributed by atoms with Gasteiger partial charge in [-0.1, -0.05) is 30.3 Å². The van der Waals surface area contributed by atoms with E-state index in [-0.39, 0.29) is 11.9 Å². The van der Waals surface area contributed by atoms with Crippen LogP contribution >= 0.6 is 0 Å². The van der Waals surface area contributed by atoms with Crippen LogP contribution in [0.5, 0.6) is 0 Å². The van der Waals surface area contributed by atoms with Gasteiger partial charge >= 0.3 is 0 Å². The Bertz CT molecular complexity index is 651. The zero-order valence-corrected chi connectivity index (χ0v) is 13.0. The van der Waals surface area contributed by atoms with Gasteiger partial charge in [0.1, 0.15) is 11.5 Å². The molecular weight excluding hydrogens is 278 g/mol. The predicted molar refractivity (Wildman–Crippen MR) is 84.7 cm³/mol. The number of likely N-dealkylation sites (tertiary alicyclic amines) is 1. The summed E-state index contributed by atoms with van der Waals surface area (Å²) in [4.78, 5) is 22.4. The normalized spacial score (nSPS) is 17.9. The van der Waals surface area contributed by atoms with Gasteiger partial charge in [-0.3, -0.25) is 4.79 Å². The molecule has 1 aromatic heterocycles. The van der Waals surface area contributed by atoms with Crippen molar-refractivity contribution >= 4 is 5.91 Å². The summed E-state index contributed by atoms with van der Waals surface area (Å²) in [5.41, 5.74) is 2.31. The summed E-state index contributed by atoms with van der Waals surface area (Å²) < 4.78 is 5.22. The second kappa shape index (κ2) is 6.32. The van der Waals surface area contributed by atoms with Gasteiger partial charge in [0.15, 0.2) is 0 Å². The number of rotatable bonds is 4. The van der Waals surface area contributed by atoms with Crippen molar-refractivity contribution in [3.05, 3.63) is 41.7 Å². The molecule has 5 nitrogen and oxygen atoms in total. The summed E-state index contributed by atoms with van der Waals surface area (Å²) >= 11 is 0. The number of carbonyl (C=O) groups excluding carboxylic acids is 1. The molecule has 1 aromatic carbocycles. The Labute approximate surface area is 130 Å². The second-order valence-electron chi connectivity index (χ2n) is 5.67. The van der Waals surface area contributed by atoms with Crippen LogP contribution in [0.15, 0.2) is 30.3 Å². The van der Waals surface area contributed by atoms with Crippen molar-refractivity contribution in [2.24, 2.45) is 0 Å². The molecule has 0 unspecified atom stereocenters. The molecule has 1 N–H and O–H groups in total. The topological polar surface area (TPSA) is 58.2 Å².